The number of ether oxygens (including phenoxy) is 2. The van der Waals surface area contributed by atoms with Gasteiger partial charge >= 0.3 is 5.97 Å². The van der Waals surface area contributed by atoms with Gasteiger partial charge in [0.1, 0.15) is 12.3 Å². The van der Waals surface area contributed by atoms with E-state index in [1.807, 2.05) is 13.8 Å². The van der Waals surface area contributed by atoms with Gasteiger partial charge in [0.2, 0.25) is 0 Å². The maximum atomic E-state index is 12.3. The highest BCUT2D eigenvalue weighted by Crippen LogP contribution is 2.18. The van der Waals surface area contributed by atoms with E-state index in [0.717, 1.165) is 5.69 Å². The summed E-state index contributed by atoms with van der Waals surface area (Å²) in [5, 5.41) is 9.39. The predicted molar refractivity (Wildman–Crippen MR) is 107 cm³/mol. The molecule has 0 saturated heterocycles. The minimum absolute atomic E-state index is 0.353. The molecule has 2 amide bonds. The van der Waals surface area contributed by atoms with Crippen molar-refractivity contribution in [1.82, 2.24) is 15.1 Å². The summed E-state index contributed by atoms with van der Waals surface area (Å²) in [7, 11) is 1.77. The number of hydrogen-bond acceptors (Lipinski definition) is 6. The summed E-state index contributed by atoms with van der Waals surface area (Å²) in [5.74, 6) is -0.965. The monoisotopic (exact) mass is 402 g/mol. The average molecular weight is 402 g/mol. The third-order valence-corrected chi connectivity index (χ3v) is 4.26. The van der Waals surface area contributed by atoms with Crippen molar-refractivity contribution in [3.63, 3.8) is 0 Å². The molecule has 0 fully saturated rings. The van der Waals surface area contributed by atoms with Crippen molar-refractivity contribution in [1.29, 1.82) is 0 Å². The molecule has 29 heavy (non-hydrogen) atoms. The normalized spacial score (nSPS) is 11.5. The lowest BCUT2D eigenvalue weighted by Crippen LogP contribution is -2.36. The Labute approximate surface area is 169 Å². The number of nitrogens with zero attached hydrogens (tertiary/aromatic N) is 2. The summed E-state index contributed by atoms with van der Waals surface area (Å²) < 4.78 is 12.1. The zero-order valence-corrected chi connectivity index (χ0v) is 17.2. The fraction of sp³-hybridized carbons (Fsp3) is 0.400. The molecule has 1 atom stereocenters. The Hall–Kier alpha value is -3.36. The van der Waals surface area contributed by atoms with Gasteiger partial charge in [-0.3, -0.25) is 19.1 Å². The van der Waals surface area contributed by atoms with Gasteiger partial charge in [0.05, 0.1) is 23.7 Å². The van der Waals surface area contributed by atoms with Gasteiger partial charge in [0.15, 0.2) is 6.10 Å². The molecule has 0 unspecified atom stereocenters. The lowest BCUT2D eigenvalue weighted by atomic mass is 10.2. The summed E-state index contributed by atoms with van der Waals surface area (Å²) in [6.07, 6.45) is -1.02. The van der Waals surface area contributed by atoms with Gasteiger partial charge in [0.25, 0.3) is 11.8 Å². The van der Waals surface area contributed by atoms with Gasteiger partial charge in [0, 0.05) is 12.6 Å². The quantitative estimate of drug-likeness (QED) is 0.651. The molecule has 0 saturated carbocycles. The van der Waals surface area contributed by atoms with E-state index in [2.05, 4.69) is 15.7 Å². The SMILES string of the molecule is CCOc1ccc(C(=O)NCC(=O)O[C@@H](C)C(=O)Nc2c(C)nn(C)c2C)cc1. The molecule has 0 aliphatic rings. The highest BCUT2D eigenvalue weighted by molar-refractivity contribution is 5.97. The van der Waals surface area contributed by atoms with Crippen molar-refractivity contribution >= 4 is 23.5 Å². The lowest BCUT2D eigenvalue weighted by Gasteiger charge is -2.14. The molecule has 156 valence electrons. The number of benzene rings is 1. The second kappa shape index (κ2) is 9.72. The van der Waals surface area contributed by atoms with Gasteiger partial charge < -0.3 is 20.1 Å². The van der Waals surface area contributed by atoms with Crippen molar-refractivity contribution in [2.75, 3.05) is 18.5 Å². The van der Waals surface area contributed by atoms with E-state index in [9.17, 15) is 14.4 Å². The minimum atomic E-state index is -1.02. The number of nitrogens with one attached hydrogen (secondary N) is 2. The van der Waals surface area contributed by atoms with Crippen LogP contribution in [0.15, 0.2) is 24.3 Å². The first-order valence-electron chi connectivity index (χ1n) is 9.24. The molecule has 1 aromatic heterocycles. The van der Waals surface area contributed by atoms with E-state index in [-0.39, 0.29) is 6.54 Å². The van der Waals surface area contributed by atoms with Gasteiger partial charge in [-0.25, -0.2) is 0 Å². The topological polar surface area (TPSA) is 112 Å². The molecule has 1 aromatic carbocycles. The smallest absolute Gasteiger partial charge is 0.326 e. The van der Waals surface area contributed by atoms with Crippen LogP contribution in [0.4, 0.5) is 5.69 Å². The van der Waals surface area contributed by atoms with Crippen LogP contribution in [0.25, 0.3) is 0 Å². The Kier molecular flexibility index (Phi) is 7.35. The third kappa shape index (κ3) is 5.81. The Morgan fingerprint density at radius 3 is 2.38 bits per heavy atom. The van der Waals surface area contributed by atoms with Crippen molar-refractivity contribution in [2.24, 2.45) is 7.05 Å². The standard InChI is InChI=1S/C20H26N4O5/c1-6-28-16-9-7-15(8-10-16)20(27)21-11-17(25)29-14(4)19(26)22-18-12(2)23-24(5)13(18)3/h7-10,14H,6,11H2,1-5H3,(H,21,27)(H,22,26)/t14-/m0/s1. The Morgan fingerprint density at radius 2 is 1.83 bits per heavy atom. The maximum Gasteiger partial charge on any atom is 0.326 e. The van der Waals surface area contributed by atoms with Crippen molar-refractivity contribution in [3.8, 4) is 5.75 Å². The molecule has 9 heteroatoms. The largest absolute Gasteiger partial charge is 0.494 e. The number of carbonyl (C=O) groups is 3. The highest BCUT2D eigenvalue weighted by atomic mass is 16.5. The second-order valence-electron chi connectivity index (χ2n) is 6.43. The molecule has 1 heterocycles. The van der Waals surface area contributed by atoms with Gasteiger partial charge in [-0.15, -0.1) is 0 Å². The van der Waals surface area contributed by atoms with Crippen molar-refractivity contribution in [2.45, 2.75) is 33.8 Å². The fourth-order valence-corrected chi connectivity index (χ4v) is 2.60. The first-order valence-corrected chi connectivity index (χ1v) is 9.24. The third-order valence-electron chi connectivity index (χ3n) is 4.26. The van der Waals surface area contributed by atoms with Crippen molar-refractivity contribution < 1.29 is 23.9 Å². The van der Waals surface area contributed by atoms with Crippen LogP contribution in [0.2, 0.25) is 0 Å². The van der Waals surface area contributed by atoms with Crippen LogP contribution < -0.4 is 15.4 Å². The summed E-state index contributed by atoms with van der Waals surface area (Å²) in [5.41, 5.74) is 2.43. The van der Waals surface area contributed by atoms with Gasteiger partial charge in [-0.1, -0.05) is 0 Å². The van der Waals surface area contributed by atoms with E-state index in [1.54, 1.807) is 42.9 Å². The Morgan fingerprint density at radius 1 is 1.17 bits per heavy atom. The van der Waals surface area contributed by atoms with E-state index in [1.165, 1.54) is 6.92 Å². The summed E-state index contributed by atoms with van der Waals surface area (Å²) in [6, 6.07) is 6.54. The molecule has 0 aliphatic heterocycles. The predicted octanol–water partition coefficient (Wildman–Crippen LogP) is 1.74. The van der Waals surface area contributed by atoms with Crippen LogP contribution in [0.3, 0.4) is 0 Å². The van der Waals surface area contributed by atoms with E-state index < -0.39 is 23.9 Å². The summed E-state index contributed by atoms with van der Waals surface area (Å²) >= 11 is 0. The van der Waals surface area contributed by atoms with E-state index in [4.69, 9.17) is 9.47 Å². The molecular weight excluding hydrogens is 376 g/mol. The van der Waals surface area contributed by atoms with Gasteiger partial charge in [-0.2, -0.15) is 5.10 Å². The lowest BCUT2D eigenvalue weighted by molar-refractivity contribution is -0.152. The number of hydrogen-bond donors (Lipinski definition) is 2. The van der Waals surface area contributed by atoms with Crippen molar-refractivity contribution in [3.05, 3.63) is 41.2 Å². The number of anilines is 1. The molecule has 9 nitrogen and oxygen atoms in total. The van der Waals surface area contributed by atoms with Crippen LogP contribution in [0.5, 0.6) is 5.75 Å². The Balaban J connectivity index is 1.83. The molecule has 2 rings (SSSR count). The fourth-order valence-electron chi connectivity index (χ4n) is 2.60. The molecule has 0 aliphatic carbocycles. The van der Waals surface area contributed by atoms with Gasteiger partial charge in [-0.05, 0) is 52.0 Å². The number of rotatable bonds is 8. The molecule has 0 bridgehead atoms. The zero-order valence-electron chi connectivity index (χ0n) is 17.2. The van der Waals surface area contributed by atoms with E-state index in [0.29, 0.717) is 29.3 Å². The first kappa shape index (κ1) is 21.9. The zero-order chi connectivity index (χ0) is 21.6. The number of amides is 2. The maximum absolute atomic E-state index is 12.3. The number of aryl methyl sites for hydroxylation is 2. The van der Waals surface area contributed by atoms with Crippen LogP contribution in [-0.2, 0) is 21.4 Å². The Bertz CT molecular complexity index is 889. The number of esters is 1. The molecule has 2 aromatic rings. The minimum Gasteiger partial charge on any atom is -0.494 e. The number of aromatic nitrogens is 2. The van der Waals surface area contributed by atoms with Crippen LogP contribution in [-0.4, -0.2) is 46.8 Å². The highest BCUT2D eigenvalue weighted by Gasteiger charge is 2.21. The number of carbonyl (C=O) groups excluding carboxylic acids is 3. The van der Waals surface area contributed by atoms with Crippen LogP contribution >= 0.6 is 0 Å². The summed E-state index contributed by atoms with van der Waals surface area (Å²) in [4.78, 5) is 36.4. The second-order valence-corrected chi connectivity index (χ2v) is 6.43. The molecule has 0 spiro atoms. The molecular formula is C20H26N4O5. The van der Waals surface area contributed by atoms with Crippen LogP contribution in [0.1, 0.15) is 35.6 Å². The molecule has 0 radical (unpaired) electrons. The van der Waals surface area contributed by atoms with E-state index >= 15 is 0 Å². The first-order chi connectivity index (χ1) is 13.7. The summed E-state index contributed by atoms with van der Waals surface area (Å²) in [6.45, 7) is 7.10. The van der Waals surface area contributed by atoms with Crippen LogP contribution in [0, 0.1) is 13.8 Å². The molecule has 2 N–H and O–H groups in total. The average Bonchev–Trinajstić information content (AvgIpc) is 2.92.